The van der Waals surface area contributed by atoms with Crippen molar-refractivity contribution in [1.29, 1.82) is 0 Å². The van der Waals surface area contributed by atoms with E-state index in [0.29, 0.717) is 24.8 Å². The molecular weight excluding hydrogens is 378 g/mol. The second kappa shape index (κ2) is 8.14. The Morgan fingerprint density at radius 2 is 2.08 bits per heavy atom. The summed E-state index contributed by atoms with van der Waals surface area (Å²) < 4.78 is 10.9. The van der Waals surface area contributed by atoms with Gasteiger partial charge in [0.15, 0.2) is 0 Å². The van der Waals surface area contributed by atoms with Crippen LogP contribution in [-0.4, -0.2) is 68.3 Å². The van der Waals surface area contributed by atoms with E-state index >= 15 is 0 Å². The Balaban J connectivity index is 3.80. The van der Waals surface area contributed by atoms with Crippen LogP contribution in [0.15, 0.2) is 0 Å². The predicted molar refractivity (Wildman–Crippen MR) is 58.9 cm³/mol. The van der Waals surface area contributed by atoms with Crippen LogP contribution in [0.3, 0.4) is 0 Å². The molecule has 0 aromatic carbocycles. The van der Waals surface area contributed by atoms with Gasteiger partial charge in [0.2, 0.25) is 0 Å². The van der Waals surface area contributed by atoms with Crippen LogP contribution in [0, 0.1) is 0 Å². The first kappa shape index (κ1) is 13.8. The van der Waals surface area contributed by atoms with Gasteiger partial charge in [0, 0.05) is 0 Å². The summed E-state index contributed by atoms with van der Waals surface area (Å²) in [6.07, 6.45) is 4.72. The van der Waals surface area contributed by atoms with Crippen LogP contribution < -0.4 is 0 Å². The van der Waals surface area contributed by atoms with Crippen LogP contribution >= 0.6 is 0 Å². The van der Waals surface area contributed by atoms with Crippen molar-refractivity contribution >= 4 is 55.8 Å². The second-order valence-electron chi connectivity index (χ2n) is 3.66. The fourth-order valence-corrected chi connectivity index (χ4v) is 13.4. The summed E-state index contributed by atoms with van der Waals surface area (Å²) in [5.41, 5.74) is 0. The Labute approximate surface area is 106 Å². The molecule has 0 saturated carbocycles. The average molecular weight is 397 g/mol. The third-order valence-electron chi connectivity index (χ3n) is 2.06. The Kier molecular flexibility index (Phi) is 9.37. The van der Waals surface area contributed by atoms with Gasteiger partial charge in [0.25, 0.3) is 0 Å². The van der Waals surface area contributed by atoms with Crippen LogP contribution in [-0.2, 0) is 5.93 Å². The topological polar surface area (TPSA) is 18.5 Å². The molecule has 1 unspecified atom stereocenters. The van der Waals surface area contributed by atoms with Crippen molar-refractivity contribution in [3.05, 3.63) is 0 Å². The van der Waals surface area contributed by atoms with Crippen molar-refractivity contribution in [2.45, 2.75) is 32.4 Å². The normalized spacial score (nSPS) is 15.9. The Bertz CT molecular complexity index is 110. The molecule has 0 aromatic rings. The van der Waals surface area contributed by atoms with E-state index in [4.69, 9.17) is 5.93 Å². The molecule has 0 amide bonds. The maximum atomic E-state index is 5.46. The molecule has 70 valence electrons. The van der Waals surface area contributed by atoms with Gasteiger partial charge in [-0.3, -0.25) is 0 Å². The van der Waals surface area contributed by atoms with Crippen molar-refractivity contribution < 1.29 is 5.93 Å². The van der Waals surface area contributed by atoms with Crippen molar-refractivity contribution in [2.24, 2.45) is 0 Å². The fraction of sp³-hybridized carbons (Fsp3) is 1.00. The molecule has 2 nitrogen and oxygen atoms in total. The zero-order chi connectivity index (χ0) is 9.45. The molecule has 12 heavy (non-hydrogen) atoms. The SMILES string of the molecule is CCCC[Si](C)(C[O][InH2])C[O][SnH]. The van der Waals surface area contributed by atoms with Gasteiger partial charge in [-0.15, -0.1) is 0 Å². The Morgan fingerprint density at radius 1 is 1.42 bits per heavy atom. The summed E-state index contributed by atoms with van der Waals surface area (Å²) in [4.78, 5) is 0. The summed E-state index contributed by atoms with van der Waals surface area (Å²) in [6, 6.07) is 1.38. The molecule has 0 bridgehead atoms. The van der Waals surface area contributed by atoms with Gasteiger partial charge >= 0.3 is 107 Å². The van der Waals surface area contributed by atoms with E-state index < -0.39 is 8.07 Å². The van der Waals surface area contributed by atoms with E-state index in [9.17, 15) is 0 Å². The summed E-state index contributed by atoms with van der Waals surface area (Å²) in [5, 5.41) is 0. The van der Waals surface area contributed by atoms with E-state index in [-0.39, 0.29) is 0 Å². The van der Waals surface area contributed by atoms with Gasteiger partial charge < -0.3 is 0 Å². The molecule has 0 aliphatic heterocycles. The summed E-state index contributed by atoms with van der Waals surface area (Å²) >= 11 is 1.35. The third kappa shape index (κ3) is 6.29. The second-order valence-corrected chi connectivity index (χ2v) is 11.0. The third-order valence-corrected chi connectivity index (χ3v) is 9.37. The minimum absolute atomic E-state index is 0.404. The Morgan fingerprint density at radius 3 is 2.50 bits per heavy atom. The van der Waals surface area contributed by atoms with Crippen molar-refractivity contribution in [1.82, 2.24) is 0 Å². The van der Waals surface area contributed by atoms with E-state index in [2.05, 4.69) is 13.5 Å². The van der Waals surface area contributed by atoms with Gasteiger partial charge in [0.1, 0.15) is 0 Å². The average Bonchev–Trinajstić information content (AvgIpc) is 2.02. The molecule has 2 radical (unpaired) electrons. The van der Waals surface area contributed by atoms with E-state index in [1.807, 2.05) is 0 Å². The molecule has 0 N–H and O–H groups in total. The van der Waals surface area contributed by atoms with Crippen LogP contribution in [0.25, 0.3) is 0 Å². The quantitative estimate of drug-likeness (QED) is 0.578. The summed E-state index contributed by atoms with van der Waals surface area (Å²) in [7, 11) is -1.13. The molecule has 0 aliphatic carbocycles. The van der Waals surface area contributed by atoms with Crippen molar-refractivity contribution in [3.63, 3.8) is 0 Å². The summed E-state index contributed by atoms with van der Waals surface area (Å²) in [6.45, 7) is 4.66. The van der Waals surface area contributed by atoms with Gasteiger partial charge in [-0.05, 0) is 0 Å². The molecule has 0 rings (SSSR count). The maximum absolute atomic E-state index is 5.46. The number of rotatable bonds is 7. The molecule has 0 aromatic heterocycles. The van der Waals surface area contributed by atoms with Gasteiger partial charge in [0.05, 0.1) is 0 Å². The van der Waals surface area contributed by atoms with Gasteiger partial charge in [-0.25, -0.2) is 0 Å². The van der Waals surface area contributed by atoms with Crippen LogP contribution in [0.4, 0.5) is 0 Å². The first-order chi connectivity index (χ1) is 5.68. The van der Waals surface area contributed by atoms with E-state index in [0.717, 1.165) is 35.4 Å². The van der Waals surface area contributed by atoms with Crippen molar-refractivity contribution in [3.8, 4) is 0 Å². The van der Waals surface area contributed by atoms with E-state index in [1.165, 1.54) is 18.9 Å². The van der Waals surface area contributed by atoms with Gasteiger partial charge in [-0.2, -0.15) is 0 Å². The minimum atomic E-state index is -1.13. The predicted octanol–water partition coefficient (Wildman–Crippen LogP) is 0.341. The number of unbranched alkanes of at least 4 members (excludes halogenated alkanes) is 1. The standard InChI is InChI=1S/C7H16O2Si.In.Sn.3H/c1-3-4-5-10(2,6-8)7-9;;;;;/h3-7H2,1-2H3;;;;;/q-2;2*+1;;;. The monoisotopic (exact) mass is 398 g/mol. The van der Waals surface area contributed by atoms with Gasteiger partial charge in [-0.1, -0.05) is 0 Å². The molecule has 0 fully saturated rings. The molecule has 0 saturated heterocycles. The molecule has 0 spiro atoms. The van der Waals surface area contributed by atoms with Crippen LogP contribution in [0.2, 0.25) is 12.6 Å². The Hall–Kier alpha value is 1.81. The molecule has 1 atom stereocenters. The summed E-state index contributed by atoms with van der Waals surface area (Å²) in [5.74, 6) is 0. The molecule has 0 heterocycles. The van der Waals surface area contributed by atoms with E-state index in [1.54, 1.807) is 0 Å². The van der Waals surface area contributed by atoms with Crippen molar-refractivity contribution in [2.75, 3.05) is 12.5 Å². The van der Waals surface area contributed by atoms with Crippen LogP contribution in [0.5, 0.6) is 0 Å². The fourth-order valence-electron chi connectivity index (χ4n) is 1.34. The first-order valence-corrected chi connectivity index (χ1v) is 11.3. The molecule has 5 heteroatoms. The number of hydrogen-bond donors (Lipinski definition) is 0. The zero-order valence-corrected chi connectivity index (χ0v) is 18.4. The zero-order valence-electron chi connectivity index (χ0n) is 8.43. The molecular formula is C7H19InO2SiSn. The van der Waals surface area contributed by atoms with Crippen LogP contribution in [0.1, 0.15) is 19.8 Å². The molecule has 0 aliphatic rings. The number of hydrogen-bond acceptors (Lipinski definition) is 2. The first-order valence-electron chi connectivity index (χ1n) is 4.49.